The molecule has 1 atom stereocenters. The van der Waals surface area contributed by atoms with Crippen molar-refractivity contribution in [2.45, 2.75) is 13.0 Å². The van der Waals surface area contributed by atoms with Gasteiger partial charge in [-0.05, 0) is 57.4 Å². The monoisotopic (exact) mass is 296 g/mol. The van der Waals surface area contributed by atoms with Crippen molar-refractivity contribution in [2.75, 3.05) is 20.6 Å². The molecule has 0 unspecified atom stereocenters. The topological polar surface area (TPSA) is 54.0 Å². The average molecular weight is 296 g/mol. The standard InChI is InChI=1S/C17H20N4O/c1-12(11-21(2)3)22-14-8-6-13(7-9-14)16-15-5-4-10-18-17(15)20-19-16/h4-10,12H,11H2,1-3H3,(H,18,19,20)/t12-/m0/s1. The summed E-state index contributed by atoms with van der Waals surface area (Å²) in [6.07, 6.45) is 1.90. The summed E-state index contributed by atoms with van der Waals surface area (Å²) in [6.45, 7) is 2.96. The number of nitrogens with one attached hydrogen (secondary N) is 1. The van der Waals surface area contributed by atoms with Crippen LogP contribution in [-0.2, 0) is 0 Å². The van der Waals surface area contributed by atoms with Crippen molar-refractivity contribution >= 4 is 11.0 Å². The lowest BCUT2D eigenvalue weighted by Crippen LogP contribution is -2.27. The molecular formula is C17H20N4O. The number of hydrogen-bond acceptors (Lipinski definition) is 4. The second-order valence-electron chi connectivity index (χ2n) is 5.69. The summed E-state index contributed by atoms with van der Waals surface area (Å²) in [5.41, 5.74) is 2.79. The number of H-pyrrole nitrogens is 1. The van der Waals surface area contributed by atoms with E-state index in [1.54, 1.807) is 6.20 Å². The van der Waals surface area contributed by atoms with Gasteiger partial charge in [0.15, 0.2) is 5.65 Å². The van der Waals surface area contributed by atoms with Crippen molar-refractivity contribution in [1.82, 2.24) is 20.1 Å². The zero-order valence-corrected chi connectivity index (χ0v) is 13.1. The second-order valence-corrected chi connectivity index (χ2v) is 5.69. The number of ether oxygens (including phenoxy) is 1. The summed E-state index contributed by atoms with van der Waals surface area (Å²) >= 11 is 0. The van der Waals surface area contributed by atoms with Gasteiger partial charge in [-0.1, -0.05) is 0 Å². The first-order valence-electron chi connectivity index (χ1n) is 7.34. The van der Waals surface area contributed by atoms with E-state index in [0.717, 1.165) is 34.6 Å². The van der Waals surface area contributed by atoms with E-state index in [9.17, 15) is 0 Å². The summed E-state index contributed by atoms with van der Waals surface area (Å²) in [7, 11) is 4.08. The van der Waals surface area contributed by atoms with Crippen LogP contribution in [0.4, 0.5) is 0 Å². The van der Waals surface area contributed by atoms with Crippen molar-refractivity contribution in [3.63, 3.8) is 0 Å². The molecule has 0 aliphatic heterocycles. The van der Waals surface area contributed by atoms with Gasteiger partial charge >= 0.3 is 0 Å². The van der Waals surface area contributed by atoms with Crippen molar-refractivity contribution in [3.8, 4) is 17.0 Å². The Hall–Kier alpha value is -2.40. The molecule has 0 radical (unpaired) electrons. The van der Waals surface area contributed by atoms with Gasteiger partial charge in [0.1, 0.15) is 11.9 Å². The first-order valence-corrected chi connectivity index (χ1v) is 7.34. The number of aromatic nitrogens is 3. The number of fused-ring (bicyclic) bond motifs is 1. The summed E-state index contributed by atoms with van der Waals surface area (Å²) < 4.78 is 5.91. The van der Waals surface area contributed by atoms with Crippen LogP contribution in [0, 0.1) is 0 Å². The molecule has 5 heteroatoms. The summed E-state index contributed by atoms with van der Waals surface area (Å²) in [6, 6.07) is 12.0. The molecule has 22 heavy (non-hydrogen) atoms. The van der Waals surface area contributed by atoms with Crippen LogP contribution >= 0.6 is 0 Å². The van der Waals surface area contributed by atoms with E-state index in [2.05, 4.69) is 27.0 Å². The third kappa shape index (κ3) is 3.09. The van der Waals surface area contributed by atoms with Crippen LogP contribution in [0.25, 0.3) is 22.3 Å². The Balaban J connectivity index is 1.79. The number of nitrogens with zero attached hydrogens (tertiary/aromatic N) is 3. The fourth-order valence-corrected chi connectivity index (χ4v) is 2.55. The zero-order valence-electron chi connectivity index (χ0n) is 13.1. The summed E-state index contributed by atoms with van der Waals surface area (Å²) in [5.74, 6) is 0.875. The fourth-order valence-electron chi connectivity index (χ4n) is 2.55. The van der Waals surface area contributed by atoms with Crippen LogP contribution in [0.5, 0.6) is 5.75 Å². The van der Waals surface area contributed by atoms with Crippen LogP contribution in [0.3, 0.4) is 0 Å². The van der Waals surface area contributed by atoms with Crippen LogP contribution in [0.15, 0.2) is 42.6 Å². The molecule has 5 nitrogen and oxygen atoms in total. The minimum absolute atomic E-state index is 0.151. The normalized spacial score (nSPS) is 12.7. The number of rotatable bonds is 5. The molecule has 0 spiro atoms. The van der Waals surface area contributed by atoms with Crippen LogP contribution in [-0.4, -0.2) is 46.8 Å². The highest BCUT2D eigenvalue weighted by atomic mass is 16.5. The van der Waals surface area contributed by atoms with E-state index in [1.165, 1.54) is 0 Å². The predicted molar refractivity (Wildman–Crippen MR) is 88.0 cm³/mol. The Kier molecular flexibility index (Phi) is 4.06. The quantitative estimate of drug-likeness (QED) is 0.786. The zero-order chi connectivity index (χ0) is 15.5. The van der Waals surface area contributed by atoms with E-state index >= 15 is 0 Å². The molecular weight excluding hydrogens is 276 g/mol. The smallest absolute Gasteiger partial charge is 0.181 e. The van der Waals surface area contributed by atoms with Gasteiger partial charge in [-0.25, -0.2) is 4.98 Å². The van der Waals surface area contributed by atoms with Gasteiger partial charge in [-0.3, -0.25) is 5.10 Å². The van der Waals surface area contributed by atoms with Gasteiger partial charge < -0.3 is 9.64 Å². The second kappa shape index (κ2) is 6.15. The van der Waals surface area contributed by atoms with Gasteiger partial charge in [0.25, 0.3) is 0 Å². The van der Waals surface area contributed by atoms with E-state index < -0.39 is 0 Å². The Labute approximate surface area is 129 Å². The Morgan fingerprint density at radius 2 is 1.95 bits per heavy atom. The van der Waals surface area contributed by atoms with Gasteiger partial charge in [0.05, 0.1) is 5.69 Å². The molecule has 3 aromatic rings. The van der Waals surface area contributed by atoms with Crippen molar-refractivity contribution < 1.29 is 4.74 Å². The van der Waals surface area contributed by atoms with Crippen molar-refractivity contribution in [3.05, 3.63) is 42.6 Å². The van der Waals surface area contributed by atoms with E-state index in [-0.39, 0.29) is 6.10 Å². The molecule has 0 fully saturated rings. The number of pyridine rings is 1. The highest BCUT2D eigenvalue weighted by Gasteiger charge is 2.09. The molecule has 1 aromatic carbocycles. The summed E-state index contributed by atoms with van der Waals surface area (Å²) in [4.78, 5) is 6.35. The first kappa shape index (κ1) is 14.5. The maximum Gasteiger partial charge on any atom is 0.181 e. The highest BCUT2D eigenvalue weighted by Crippen LogP contribution is 2.26. The lowest BCUT2D eigenvalue weighted by molar-refractivity contribution is 0.177. The molecule has 0 aliphatic carbocycles. The Morgan fingerprint density at radius 3 is 2.68 bits per heavy atom. The largest absolute Gasteiger partial charge is 0.489 e. The highest BCUT2D eigenvalue weighted by molar-refractivity contribution is 5.90. The number of aromatic amines is 1. The Bertz CT molecular complexity index is 749. The minimum atomic E-state index is 0.151. The lowest BCUT2D eigenvalue weighted by atomic mass is 10.1. The molecule has 3 rings (SSSR count). The van der Waals surface area contributed by atoms with Crippen molar-refractivity contribution in [1.29, 1.82) is 0 Å². The van der Waals surface area contributed by atoms with Gasteiger partial charge in [-0.2, -0.15) is 5.10 Å². The van der Waals surface area contributed by atoms with E-state index in [0.29, 0.717) is 0 Å². The first-order chi connectivity index (χ1) is 10.6. The lowest BCUT2D eigenvalue weighted by Gasteiger charge is -2.18. The molecule has 0 bridgehead atoms. The van der Waals surface area contributed by atoms with Gasteiger partial charge in [0.2, 0.25) is 0 Å². The number of likely N-dealkylation sites (N-methyl/N-ethyl adjacent to an activating group) is 1. The molecule has 114 valence electrons. The number of benzene rings is 1. The third-order valence-electron chi connectivity index (χ3n) is 3.43. The maximum atomic E-state index is 5.91. The predicted octanol–water partition coefficient (Wildman–Crippen LogP) is 2.95. The van der Waals surface area contributed by atoms with Gasteiger partial charge in [-0.15, -0.1) is 0 Å². The number of hydrogen-bond donors (Lipinski definition) is 1. The molecule has 0 aliphatic rings. The molecule has 0 amide bonds. The van der Waals surface area contributed by atoms with Crippen molar-refractivity contribution in [2.24, 2.45) is 0 Å². The summed E-state index contributed by atoms with van der Waals surface area (Å²) in [5, 5.41) is 8.31. The molecule has 0 saturated carbocycles. The van der Waals surface area contributed by atoms with Crippen LogP contribution < -0.4 is 4.74 Å². The third-order valence-corrected chi connectivity index (χ3v) is 3.43. The SMILES string of the molecule is C[C@@H](CN(C)C)Oc1ccc(-c2[nH]nc3ncccc23)cc1. The maximum absolute atomic E-state index is 5.91. The van der Waals surface area contributed by atoms with E-state index in [1.807, 2.05) is 50.5 Å². The van der Waals surface area contributed by atoms with Gasteiger partial charge in [0, 0.05) is 23.7 Å². The van der Waals surface area contributed by atoms with Crippen LogP contribution in [0.2, 0.25) is 0 Å². The molecule has 2 heterocycles. The molecule has 0 saturated heterocycles. The van der Waals surface area contributed by atoms with Crippen LogP contribution in [0.1, 0.15) is 6.92 Å². The fraction of sp³-hybridized carbons (Fsp3) is 0.294. The molecule has 2 aromatic heterocycles. The Morgan fingerprint density at radius 1 is 1.18 bits per heavy atom. The molecule has 1 N–H and O–H groups in total. The van der Waals surface area contributed by atoms with E-state index in [4.69, 9.17) is 4.74 Å². The average Bonchev–Trinajstić information content (AvgIpc) is 2.91. The minimum Gasteiger partial charge on any atom is -0.489 e.